The highest BCUT2D eigenvalue weighted by atomic mass is 16.5. The number of hydrogen-bond donors (Lipinski definition) is 2. The molecule has 1 atom stereocenters. The zero-order valence-electron chi connectivity index (χ0n) is 20.3. The lowest BCUT2D eigenvalue weighted by molar-refractivity contribution is -0.0286. The second kappa shape index (κ2) is 10.1. The topological polar surface area (TPSA) is 102 Å². The second-order valence-corrected chi connectivity index (χ2v) is 9.49. The van der Waals surface area contributed by atoms with Crippen molar-refractivity contribution in [2.45, 2.75) is 63.6 Å². The summed E-state index contributed by atoms with van der Waals surface area (Å²) in [5, 5.41) is 14.6. The van der Waals surface area contributed by atoms with Crippen molar-refractivity contribution in [3.63, 3.8) is 0 Å². The van der Waals surface area contributed by atoms with Gasteiger partial charge in [-0.15, -0.1) is 0 Å². The standard InChI is InChI=1S/C26H33N7O2/c1-17(19-8-10-28-11-9-19)30-26(27-3)31-33-18(2)24(12-25(33)20-4-6-23(34)7-5-20)21-13-29-32(14-21)22-15-35-16-22/h8-14,17,20,22-23,34H,3-7,15-16H2,1-2H3,(H,30,31)/t17-,20?,23?/m0/s1. The summed E-state index contributed by atoms with van der Waals surface area (Å²) in [7, 11) is 0. The van der Waals surface area contributed by atoms with Gasteiger partial charge in [-0.25, -0.2) is 9.98 Å². The van der Waals surface area contributed by atoms with Gasteiger partial charge in [0.1, 0.15) is 0 Å². The highest BCUT2D eigenvalue weighted by Crippen LogP contribution is 2.37. The summed E-state index contributed by atoms with van der Waals surface area (Å²) in [4.78, 5) is 13.1. The van der Waals surface area contributed by atoms with Crippen LogP contribution >= 0.6 is 0 Å². The zero-order chi connectivity index (χ0) is 24.4. The van der Waals surface area contributed by atoms with Gasteiger partial charge in [-0.05, 0) is 70.0 Å². The maximum atomic E-state index is 10.1. The lowest BCUT2D eigenvalue weighted by atomic mass is 9.85. The summed E-state index contributed by atoms with van der Waals surface area (Å²) < 4.78 is 9.42. The van der Waals surface area contributed by atoms with Gasteiger partial charge in [0.05, 0.1) is 37.6 Å². The van der Waals surface area contributed by atoms with E-state index in [0.29, 0.717) is 31.1 Å². The Balaban J connectivity index is 1.48. The molecule has 9 nitrogen and oxygen atoms in total. The van der Waals surface area contributed by atoms with E-state index < -0.39 is 0 Å². The lowest BCUT2D eigenvalue weighted by Crippen LogP contribution is -2.30. The number of nitrogens with one attached hydrogen (secondary N) is 1. The first-order valence-electron chi connectivity index (χ1n) is 12.3. The minimum atomic E-state index is -0.209. The average Bonchev–Trinajstić information content (AvgIpc) is 3.43. The summed E-state index contributed by atoms with van der Waals surface area (Å²) in [5.74, 6) is 0.788. The van der Waals surface area contributed by atoms with Crippen molar-refractivity contribution in [3.8, 4) is 11.1 Å². The number of aliphatic hydroxyl groups excluding tert-OH is 1. The average molecular weight is 476 g/mol. The maximum Gasteiger partial charge on any atom is 0.237 e. The molecule has 1 aliphatic carbocycles. The van der Waals surface area contributed by atoms with Gasteiger partial charge in [-0.3, -0.25) is 19.8 Å². The number of aromatic nitrogens is 4. The molecule has 4 heterocycles. The number of guanidine groups is 1. The Kier molecular flexibility index (Phi) is 6.79. The molecule has 5 rings (SSSR count). The Morgan fingerprint density at radius 3 is 2.63 bits per heavy atom. The van der Waals surface area contributed by atoms with Crippen molar-refractivity contribution in [1.82, 2.24) is 19.4 Å². The molecule has 3 aromatic rings. The summed E-state index contributed by atoms with van der Waals surface area (Å²) in [6.07, 6.45) is 10.8. The first-order valence-corrected chi connectivity index (χ1v) is 12.3. The third-order valence-corrected chi connectivity index (χ3v) is 7.16. The van der Waals surface area contributed by atoms with Crippen LogP contribution in [-0.4, -0.2) is 56.5 Å². The SMILES string of the molecule is C=NC(=N[C@@H](C)c1ccncc1)Nn1c(C2CCC(O)CC2)cc(-c2cnn(C3COC3)c2)c1C. The van der Waals surface area contributed by atoms with E-state index in [-0.39, 0.29) is 12.1 Å². The van der Waals surface area contributed by atoms with Gasteiger partial charge in [0.25, 0.3) is 0 Å². The van der Waals surface area contributed by atoms with Crippen molar-refractivity contribution in [2.24, 2.45) is 9.98 Å². The molecular weight excluding hydrogens is 442 g/mol. The van der Waals surface area contributed by atoms with Crippen LogP contribution in [0.15, 0.2) is 53.0 Å². The molecule has 3 aromatic heterocycles. The largest absolute Gasteiger partial charge is 0.393 e. The summed E-state index contributed by atoms with van der Waals surface area (Å²) >= 11 is 0. The number of aliphatic imine (C=N–C) groups is 2. The van der Waals surface area contributed by atoms with Crippen LogP contribution in [-0.2, 0) is 4.74 Å². The maximum absolute atomic E-state index is 10.1. The molecule has 1 saturated heterocycles. The van der Waals surface area contributed by atoms with Crippen molar-refractivity contribution in [3.05, 3.63) is 59.9 Å². The van der Waals surface area contributed by atoms with Crippen molar-refractivity contribution in [1.29, 1.82) is 0 Å². The van der Waals surface area contributed by atoms with E-state index in [1.807, 2.05) is 29.9 Å². The Bertz CT molecular complexity index is 1190. The first-order chi connectivity index (χ1) is 17.0. The number of ether oxygens (including phenoxy) is 1. The Labute approximate surface area is 205 Å². The third kappa shape index (κ3) is 4.92. The fraction of sp³-hybridized carbons (Fsp3) is 0.462. The Hall–Kier alpha value is -3.30. The van der Waals surface area contributed by atoms with Gasteiger partial charge in [0, 0.05) is 47.0 Å². The van der Waals surface area contributed by atoms with Crippen LogP contribution in [0.25, 0.3) is 11.1 Å². The molecule has 1 saturated carbocycles. The number of hydrogen-bond acceptors (Lipinski definition) is 5. The smallest absolute Gasteiger partial charge is 0.237 e. The predicted octanol–water partition coefficient (Wildman–Crippen LogP) is 4.01. The molecule has 1 aliphatic heterocycles. The normalized spacial score (nSPS) is 22.0. The van der Waals surface area contributed by atoms with E-state index in [9.17, 15) is 5.11 Å². The minimum Gasteiger partial charge on any atom is -0.393 e. The van der Waals surface area contributed by atoms with Gasteiger partial charge in [0.15, 0.2) is 0 Å². The molecule has 0 aromatic carbocycles. The monoisotopic (exact) mass is 475 g/mol. The first kappa shape index (κ1) is 23.4. The van der Waals surface area contributed by atoms with Crippen molar-refractivity contribution < 1.29 is 9.84 Å². The number of pyridine rings is 1. The zero-order valence-corrected chi connectivity index (χ0v) is 20.3. The van der Waals surface area contributed by atoms with Crippen LogP contribution < -0.4 is 5.43 Å². The van der Waals surface area contributed by atoms with Crippen LogP contribution in [0.1, 0.15) is 67.6 Å². The van der Waals surface area contributed by atoms with Gasteiger partial charge >= 0.3 is 0 Å². The van der Waals surface area contributed by atoms with E-state index >= 15 is 0 Å². The number of nitrogens with zero attached hydrogens (tertiary/aromatic N) is 6. The second-order valence-electron chi connectivity index (χ2n) is 9.49. The van der Waals surface area contributed by atoms with Crippen LogP contribution in [0.4, 0.5) is 0 Å². The molecule has 2 fully saturated rings. The third-order valence-electron chi connectivity index (χ3n) is 7.16. The fourth-order valence-electron chi connectivity index (χ4n) is 4.90. The molecule has 0 spiro atoms. The minimum absolute atomic E-state index is 0.0995. The van der Waals surface area contributed by atoms with E-state index in [0.717, 1.165) is 53.8 Å². The van der Waals surface area contributed by atoms with Crippen molar-refractivity contribution >= 4 is 12.7 Å². The highest BCUT2D eigenvalue weighted by molar-refractivity contribution is 5.91. The van der Waals surface area contributed by atoms with E-state index in [4.69, 9.17) is 9.73 Å². The molecule has 0 amide bonds. The van der Waals surface area contributed by atoms with Gasteiger partial charge < -0.3 is 9.84 Å². The van der Waals surface area contributed by atoms with Crippen molar-refractivity contribution in [2.75, 3.05) is 18.6 Å². The molecule has 35 heavy (non-hydrogen) atoms. The van der Waals surface area contributed by atoms with Crippen LogP contribution in [0.2, 0.25) is 0 Å². The molecule has 184 valence electrons. The Morgan fingerprint density at radius 1 is 1.23 bits per heavy atom. The van der Waals surface area contributed by atoms with Gasteiger partial charge in [-0.1, -0.05) is 0 Å². The van der Waals surface area contributed by atoms with Crippen LogP contribution in [0.3, 0.4) is 0 Å². The number of aliphatic hydroxyl groups is 1. The number of rotatable bonds is 6. The van der Waals surface area contributed by atoms with E-state index in [2.05, 4.69) is 51.1 Å². The summed E-state index contributed by atoms with van der Waals surface area (Å²) in [5.41, 5.74) is 8.90. The van der Waals surface area contributed by atoms with E-state index in [1.165, 1.54) is 0 Å². The summed E-state index contributed by atoms with van der Waals surface area (Å²) in [6.45, 7) is 9.30. The van der Waals surface area contributed by atoms with E-state index in [1.54, 1.807) is 12.4 Å². The van der Waals surface area contributed by atoms with Crippen LogP contribution in [0, 0.1) is 6.92 Å². The predicted molar refractivity (Wildman–Crippen MR) is 136 cm³/mol. The van der Waals surface area contributed by atoms with Gasteiger partial charge in [0.2, 0.25) is 5.96 Å². The summed E-state index contributed by atoms with van der Waals surface area (Å²) in [6, 6.07) is 6.37. The lowest BCUT2D eigenvalue weighted by Gasteiger charge is -2.27. The molecular formula is C26H33N7O2. The Morgan fingerprint density at radius 2 is 1.97 bits per heavy atom. The molecule has 0 radical (unpaired) electrons. The molecule has 9 heteroatoms. The molecule has 0 unspecified atom stereocenters. The molecule has 2 N–H and O–H groups in total. The highest BCUT2D eigenvalue weighted by Gasteiger charge is 2.27. The fourth-order valence-corrected chi connectivity index (χ4v) is 4.90. The molecule has 0 bridgehead atoms. The van der Waals surface area contributed by atoms with Gasteiger partial charge in [-0.2, -0.15) is 5.10 Å². The van der Waals surface area contributed by atoms with Crippen LogP contribution in [0.5, 0.6) is 0 Å². The molecule has 2 aliphatic rings. The quantitative estimate of drug-likeness (QED) is 0.414.